The van der Waals surface area contributed by atoms with Crippen LogP contribution >= 0.6 is 0 Å². The van der Waals surface area contributed by atoms with Gasteiger partial charge in [-0.25, -0.2) is 4.39 Å². The van der Waals surface area contributed by atoms with Crippen LogP contribution in [0.1, 0.15) is 12.0 Å². The summed E-state index contributed by atoms with van der Waals surface area (Å²) in [5.74, 6) is 0.756. The minimum atomic E-state index is -0.263. The van der Waals surface area contributed by atoms with Gasteiger partial charge in [0.1, 0.15) is 0 Å². The first kappa shape index (κ1) is 10.4. The van der Waals surface area contributed by atoms with E-state index in [-0.39, 0.29) is 5.82 Å². The van der Waals surface area contributed by atoms with Gasteiger partial charge in [-0.3, -0.25) is 0 Å². The maximum Gasteiger partial charge on any atom is 0.165 e. The van der Waals surface area contributed by atoms with Crippen molar-refractivity contribution in [3.8, 4) is 5.75 Å². The van der Waals surface area contributed by atoms with Crippen LogP contribution in [-0.4, -0.2) is 20.2 Å². The van der Waals surface area contributed by atoms with Gasteiger partial charge in [0.2, 0.25) is 0 Å². The molecule has 1 fully saturated rings. The van der Waals surface area contributed by atoms with Crippen LogP contribution in [-0.2, 0) is 6.42 Å². The van der Waals surface area contributed by atoms with Gasteiger partial charge in [0.25, 0.3) is 0 Å². The molecule has 1 heterocycles. The fraction of sp³-hybridized carbons (Fsp3) is 0.500. The molecule has 0 aliphatic carbocycles. The quantitative estimate of drug-likeness (QED) is 0.822. The minimum Gasteiger partial charge on any atom is -0.493 e. The van der Waals surface area contributed by atoms with Crippen LogP contribution in [0.2, 0.25) is 0 Å². The van der Waals surface area contributed by atoms with Crippen LogP contribution < -0.4 is 10.1 Å². The number of methoxy groups -OCH3 is 1. The second-order valence-electron chi connectivity index (χ2n) is 4.00. The smallest absolute Gasteiger partial charge is 0.165 e. The van der Waals surface area contributed by atoms with Crippen molar-refractivity contribution < 1.29 is 9.13 Å². The highest BCUT2D eigenvalue weighted by atomic mass is 19.1. The van der Waals surface area contributed by atoms with Crippen molar-refractivity contribution in [1.29, 1.82) is 0 Å². The molecule has 0 amide bonds. The predicted molar refractivity (Wildman–Crippen MR) is 57.6 cm³/mol. The third kappa shape index (κ3) is 2.29. The molecule has 0 saturated carbocycles. The van der Waals surface area contributed by atoms with E-state index in [1.165, 1.54) is 19.6 Å². The molecule has 1 aliphatic rings. The molecule has 1 aromatic carbocycles. The fourth-order valence-electron chi connectivity index (χ4n) is 2.14. The second kappa shape index (κ2) is 4.62. The van der Waals surface area contributed by atoms with Gasteiger partial charge in [0.05, 0.1) is 7.11 Å². The number of benzene rings is 1. The van der Waals surface area contributed by atoms with E-state index >= 15 is 0 Å². The van der Waals surface area contributed by atoms with Crippen LogP contribution in [0.5, 0.6) is 5.75 Å². The molecule has 1 saturated heterocycles. The zero-order valence-corrected chi connectivity index (χ0v) is 8.92. The largest absolute Gasteiger partial charge is 0.493 e. The zero-order chi connectivity index (χ0) is 10.7. The Morgan fingerprint density at radius 1 is 1.53 bits per heavy atom. The highest BCUT2D eigenvalue weighted by Crippen LogP contribution is 2.26. The van der Waals surface area contributed by atoms with Crippen molar-refractivity contribution in [2.24, 2.45) is 5.92 Å². The maximum atomic E-state index is 13.4. The predicted octanol–water partition coefficient (Wildman–Crippen LogP) is 1.99. The summed E-state index contributed by atoms with van der Waals surface area (Å²) in [6.07, 6.45) is 2.06. The van der Waals surface area contributed by atoms with Crippen LogP contribution in [0, 0.1) is 11.7 Å². The van der Waals surface area contributed by atoms with Gasteiger partial charge in [0, 0.05) is 0 Å². The van der Waals surface area contributed by atoms with E-state index in [4.69, 9.17) is 4.74 Å². The lowest BCUT2D eigenvalue weighted by molar-refractivity contribution is 0.378. The van der Waals surface area contributed by atoms with E-state index < -0.39 is 0 Å². The summed E-state index contributed by atoms with van der Waals surface area (Å²) in [6, 6.07) is 5.13. The summed E-state index contributed by atoms with van der Waals surface area (Å²) in [5.41, 5.74) is 0.978. The van der Waals surface area contributed by atoms with Gasteiger partial charge in [-0.1, -0.05) is 12.1 Å². The van der Waals surface area contributed by atoms with Gasteiger partial charge in [0.15, 0.2) is 11.6 Å². The lowest BCUT2D eigenvalue weighted by Gasteiger charge is -2.12. The summed E-state index contributed by atoms with van der Waals surface area (Å²) in [5, 5.41) is 3.31. The van der Waals surface area contributed by atoms with Gasteiger partial charge in [-0.15, -0.1) is 0 Å². The van der Waals surface area contributed by atoms with E-state index in [1.807, 2.05) is 6.07 Å². The molecule has 82 valence electrons. The Morgan fingerprint density at radius 3 is 3.07 bits per heavy atom. The van der Waals surface area contributed by atoms with Crippen LogP contribution in [0.25, 0.3) is 0 Å². The number of para-hydroxylation sites is 1. The van der Waals surface area contributed by atoms with Crippen molar-refractivity contribution in [3.63, 3.8) is 0 Å². The van der Waals surface area contributed by atoms with Gasteiger partial charge < -0.3 is 10.1 Å². The Hall–Kier alpha value is -1.09. The molecule has 1 aromatic rings. The average molecular weight is 209 g/mol. The van der Waals surface area contributed by atoms with Crippen molar-refractivity contribution in [3.05, 3.63) is 29.6 Å². The Morgan fingerprint density at radius 2 is 2.40 bits per heavy atom. The van der Waals surface area contributed by atoms with Crippen LogP contribution in [0.4, 0.5) is 4.39 Å². The van der Waals surface area contributed by atoms with Crippen molar-refractivity contribution in [2.45, 2.75) is 12.8 Å². The monoisotopic (exact) mass is 209 g/mol. The normalized spacial score (nSPS) is 20.5. The highest BCUT2D eigenvalue weighted by Gasteiger charge is 2.18. The van der Waals surface area contributed by atoms with Gasteiger partial charge in [-0.2, -0.15) is 0 Å². The first-order valence-corrected chi connectivity index (χ1v) is 5.33. The highest BCUT2D eigenvalue weighted by molar-refractivity contribution is 5.35. The van der Waals surface area contributed by atoms with Crippen molar-refractivity contribution in [2.75, 3.05) is 20.2 Å². The number of ether oxygens (including phenoxy) is 1. The van der Waals surface area contributed by atoms with E-state index in [2.05, 4.69) is 5.32 Å². The third-order valence-corrected chi connectivity index (χ3v) is 2.92. The minimum absolute atomic E-state index is 0.263. The summed E-state index contributed by atoms with van der Waals surface area (Å²) in [4.78, 5) is 0. The number of nitrogens with one attached hydrogen (secondary N) is 1. The Labute approximate surface area is 89.4 Å². The Balaban J connectivity index is 2.15. The molecule has 1 atom stereocenters. The number of hydrogen-bond acceptors (Lipinski definition) is 2. The molecule has 0 radical (unpaired) electrons. The second-order valence-corrected chi connectivity index (χ2v) is 4.00. The lowest BCUT2D eigenvalue weighted by Crippen LogP contribution is -2.11. The van der Waals surface area contributed by atoms with E-state index in [0.29, 0.717) is 11.7 Å². The standard InChI is InChI=1S/C12H16FNO/c1-15-12-10(3-2-4-11(12)13)7-9-5-6-14-8-9/h2-4,9,14H,5-8H2,1H3. The molecule has 1 unspecified atom stereocenters. The zero-order valence-electron chi connectivity index (χ0n) is 8.92. The molecule has 0 bridgehead atoms. The lowest BCUT2D eigenvalue weighted by atomic mass is 9.98. The van der Waals surface area contributed by atoms with Gasteiger partial charge in [-0.05, 0) is 43.5 Å². The van der Waals surface area contributed by atoms with Crippen molar-refractivity contribution in [1.82, 2.24) is 5.32 Å². The first-order chi connectivity index (χ1) is 7.31. The van der Waals surface area contributed by atoms with Gasteiger partial charge >= 0.3 is 0 Å². The molecule has 3 heteroatoms. The molecule has 0 aromatic heterocycles. The topological polar surface area (TPSA) is 21.3 Å². The van der Waals surface area contributed by atoms with Crippen molar-refractivity contribution >= 4 is 0 Å². The van der Waals surface area contributed by atoms with Crippen LogP contribution in [0.3, 0.4) is 0 Å². The molecule has 15 heavy (non-hydrogen) atoms. The first-order valence-electron chi connectivity index (χ1n) is 5.33. The molecule has 1 N–H and O–H groups in total. The maximum absolute atomic E-state index is 13.4. The van der Waals surface area contributed by atoms with E-state index in [1.54, 1.807) is 6.07 Å². The molecule has 2 rings (SSSR count). The number of halogens is 1. The summed E-state index contributed by atoms with van der Waals surface area (Å²) < 4.78 is 18.5. The SMILES string of the molecule is COc1c(F)cccc1CC1CCNC1. The molecular weight excluding hydrogens is 193 g/mol. The summed E-state index contributed by atoms with van der Waals surface area (Å²) in [7, 11) is 1.52. The number of hydrogen-bond donors (Lipinski definition) is 1. The third-order valence-electron chi connectivity index (χ3n) is 2.92. The van der Waals surface area contributed by atoms with Crippen LogP contribution in [0.15, 0.2) is 18.2 Å². The summed E-state index contributed by atoms with van der Waals surface area (Å²) in [6.45, 7) is 2.10. The molecule has 0 spiro atoms. The average Bonchev–Trinajstić information content (AvgIpc) is 2.71. The molecule has 2 nitrogen and oxygen atoms in total. The van der Waals surface area contributed by atoms with E-state index in [9.17, 15) is 4.39 Å². The Kier molecular flexibility index (Phi) is 3.21. The Bertz CT molecular complexity index is 334. The van der Waals surface area contributed by atoms with E-state index in [0.717, 1.165) is 25.1 Å². The summed E-state index contributed by atoms with van der Waals surface area (Å²) >= 11 is 0. The number of rotatable bonds is 3. The fourth-order valence-corrected chi connectivity index (χ4v) is 2.14. The molecule has 1 aliphatic heterocycles. The molecular formula is C12H16FNO.